The lowest BCUT2D eigenvalue weighted by atomic mass is 9.91. The predicted molar refractivity (Wildman–Crippen MR) is 111 cm³/mol. The summed E-state index contributed by atoms with van der Waals surface area (Å²) in [5.74, 6) is -6.90. The molecule has 0 aliphatic carbocycles. The van der Waals surface area contributed by atoms with E-state index in [1.165, 1.54) is 0 Å². The van der Waals surface area contributed by atoms with Gasteiger partial charge in [0, 0.05) is 12.8 Å². The van der Waals surface area contributed by atoms with Crippen LogP contribution in [0, 0.1) is 11.8 Å². The lowest BCUT2D eigenvalue weighted by molar-refractivity contribution is -0.145. The van der Waals surface area contributed by atoms with Crippen LogP contribution in [-0.4, -0.2) is 73.8 Å². The van der Waals surface area contributed by atoms with E-state index < -0.39 is 75.0 Å². The number of nitrogens with one attached hydrogen (secondary N) is 2. The normalized spacial score (nSPS) is 15.8. The van der Waals surface area contributed by atoms with Crippen molar-refractivity contribution in [2.24, 2.45) is 11.8 Å². The van der Waals surface area contributed by atoms with E-state index in [-0.39, 0.29) is 31.6 Å². The van der Waals surface area contributed by atoms with Gasteiger partial charge in [-0.25, -0.2) is 14.4 Å². The fourth-order valence-corrected chi connectivity index (χ4v) is 3.86. The average molecular weight is 498 g/mol. The number of hydrogen-bond donors (Lipinski definition) is 7. The van der Waals surface area contributed by atoms with Gasteiger partial charge in [0.05, 0.1) is 12.5 Å². The summed E-state index contributed by atoms with van der Waals surface area (Å²) in [4.78, 5) is 65.8. The van der Waals surface area contributed by atoms with E-state index in [2.05, 4.69) is 5.32 Å². The molecule has 0 aromatic heterocycles. The maximum Gasteiger partial charge on any atom is 0.403 e. The number of rotatable bonds is 18. The lowest BCUT2D eigenvalue weighted by Crippen LogP contribution is -2.41. The Morgan fingerprint density at radius 1 is 0.848 bits per heavy atom. The van der Waals surface area contributed by atoms with Gasteiger partial charge in [0.25, 0.3) is 0 Å². The van der Waals surface area contributed by atoms with E-state index in [0.29, 0.717) is 0 Å². The molecule has 0 aromatic carbocycles. The van der Waals surface area contributed by atoms with Gasteiger partial charge in [-0.1, -0.05) is 13.8 Å². The molecule has 15 heteroatoms. The van der Waals surface area contributed by atoms with Gasteiger partial charge in [-0.15, -0.1) is 0 Å². The van der Waals surface area contributed by atoms with Crippen molar-refractivity contribution in [2.45, 2.75) is 64.5 Å². The first-order valence-electron chi connectivity index (χ1n) is 10.1. The van der Waals surface area contributed by atoms with Gasteiger partial charge < -0.3 is 30.6 Å². The number of carboxylic acid groups (broad SMARTS) is 4. The second kappa shape index (κ2) is 14.6. The van der Waals surface area contributed by atoms with Gasteiger partial charge >= 0.3 is 31.6 Å². The van der Waals surface area contributed by atoms with Crippen LogP contribution in [-0.2, 0) is 33.1 Å². The van der Waals surface area contributed by atoms with Crippen LogP contribution in [0.2, 0.25) is 0 Å². The van der Waals surface area contributed by atoms with Crippen molar-refractivity contribution < 1.29 is 58.4 Å². The molecule has 14 nitrogen and oxygen atoms in total. The predicted octanol–water partition coefficient (Wildman–Crippen LogP) is 0.498. The SMILES string of the molecule is CC(C)[C@@H](CCC(=O)N[C@@H](CCCOP(=O)(O)N[C@@H](CCC(=O)O)C(=O)O)C(=O)O)C(=O)O. The summed E-state index contributed by atoms with van der Waals surface area (Å²) in [6.07, 6.45) is -1.48. The molecule has 190 valence electrons. The Bertz CT molecular complexity index is 757. The first-order valence-corrected chi connectivity index (χ1v) is 11.7. The maximum atomic E-state index is 12.0. The van der Waals surface area contributed by atoms with Crippen LogP contribution in [0.1, 0.15) is 52.4 Å². The third-order valence-corrected chi connectivity index (χ3v) is 5.78. The Kier molecular flexibility index (Phi) is 13.5. The van der Waals surface area contributed by atoms with Crippen LogP contribution in [0.3, 0.4) is 0 Å². The summed E-state index contributed by atoms with van der Waals surface area (Å²) < 4.78 is 16.7. The van der Waals surface area contributed by atoms with Gasteiger partial charge in [0.1, 0.15) is 12.1 Å². The maximum absolute atomic E-state index is 12.0. The third-order valence-electron chi connectivity index (χ3n) is 4.61. The molecular weight excluding hydrogens is 467 g/mol. The van der Waals surface area contributed by atoms with Gasteiger partial charge in [-0.2, -0.15) is 0 Å². The highest BCUT2D eigenvalue weighted by molar-refractivity contribution is 7.50. The first-order chi connectivity index (χ1) is 15.2. The highest BCUT2D eigenvalue weighted by Gasteiger charge is 2.30. The summed E-state index contributed by atoms with van der Waals surface area (Å²) in [6, 6.07) is -3.00. The molecule has 7 N–H and O–H groups in total. The van der Waals surface area contributed by atoms with Crippen LogP contribution in [0.4, 0.5) is 0 Å². The van der Waals surface area contributed by atoms with Crippen LogP contribution in [0.15, 0.2) is 0 Å². The zero-order valence-electron chi connectivity index (χ0n) is 18.3. The molecule has 0 heterocycles. The largest absolute Gasteiger partial charge is 0.481 e. The Balaban J connectivity index is 4.62. The Labute approximate surface area is 189 Å². The van der Waals surface area contributed by atoms with Crippen molar-refractivity contribution in [3.05, 3.63) is 0 Å². The number of amides is 1. The van der Waals surface area contributed by atoms with E-state index in [0.717, 1.165) is 0 Å². The number of carbonyl (C=O) groups is 5. The quantitative estimate of drug-likeness (QED) is 0.101. The molecule has 1 amide bonds. The topological polar surface area (TPSA) is 237 Å². The Morgan fingerprint density at radius 3 is 1.88 bits per heavy atom. The number of hydrogen-bond acceptors (Lipinski definition) is 7. The van der Waals surface area contributed by atoms with E-state index in [4.69, 9.17) is 19.8 Å². The molecule has 4 atom stereocenters. The van der Waals surface area contributed by atoms with E-state index in [1.54, 1.807) is 13.8 Å². The molecule has 0 rings (SSSR count). The molecule has 0 radical (unpaired) electrons. The molecule has 0 fully saturated rings. The van der Waals surface area contributed by atoms with E-state index in [9.17, 15) is 38.5 Å². The highest BCUT2D eigenvalue weighted by atomic mass is 31.2. The van der Waals surface area contributed by atoms with Crippen molar-refractivity contribution in [1.82, 2.24) is 10.4 Å². The molecule has 0 saturated heterocycles. The van der Waals surface area contributed by atoms with Gasteiger partial charge in [0.15, 0.2) is 0 Å². The van der Waals surface area contributed by atoms with Crippen molar-refractivity contribution in [2.75, 3.05) is 6.61 Å². The summed E-state index contributed by atoms with van der Waals surface area (Å²) >= 11 is 0. The molecule has 1 unspecified atom stereocenters. The zero-order valence-corrected chi connectivity index (χ0v) is 19.2. The second-order valence-corrected chi connectivity index (χ2v) is 9.19. The van der Waals surface area contributed by atoms with Crippen LogP contribution in [0.25, 0.3) is 0 Å². The minimum atomic E-state index is -4.63. The standard InChI is InChI=1S/C18H31N2O12P/c1-10(2)11(16(24)25)5-7-14(21)19-12(17(26)27)4-3-9-32-33(30,31)20-13(18(28)29)6-8-15(22)23/h10-13H,3-9H2,1-2H3,(H,19,21)(H,22,23)(H,24,25)(H,26,27)(H,28,29)(H2,20,30,31)/t11-,12+,13+/m1/s1. The van der Waals surface area contributed by atoms with Crippen LogP contribution < -0.4 is 10.4 Å². The van der Waals surface area contributed by atoms with Crippen LogP contribution in [0.5, 0.6) is 0 Å². The average Bonchev–Trinajstić information content (AvgIpc) is 2.66. The lowest BCUT2D eigenvalue weighted by Gasteiger charge is -2.19. The summed E-state index contributed by atoms with van der Waals surface area (Å²) in [6.45, 7) is 2.92. The van der Waals surface area contributed by atoms with Crippen molar-refractivity contribution in [1.29, 1.82) is 0 Å². The summed E-state index contributed by atoms with van der Waals surface area (Å²) in [5.41, 5.74) is 0. The van der Waals surface area contributed by atoms with Gasteiger partial charge in [-0.3, -0.25) is 23.7 Å². The van der Waals surface area contributed by atoms with Crippen molar-refractivity contribution in [3.8, 4) is 0 Å². The number of carboxylic acids is 4. The van der Waals surface area contributed by atoms with E-state index >= 15 is 0 Å². The first kappa shape index (κ1) is 30.5. The summed E-state index contributed by atoms with van der Waals surface area (Å²) in [7, 11) is -4.63. The minimum Gasteiger partial charge on any atom is -0.481 e. The zero-order chi connectivity index (χ0) is 25.8. The fourth-order valence-electron chi connectivity index (χ4n) is 2.77. The molecule has 0 bridgehead atoms. The smallest absolute Gasteiger partial charge is 0.403 e. The number of carbonyl (C=O) groups excluding carboxylic acids is 1. The molecule has 0 saturated carbocycles. The number of aliphatic carboxylic acids is 4. The van der Waals surface area contributed by atoms with Crippen molar-refractivity contribution >= 4 is 37.5 Å². The molecule has 33 heavy (non-hydrogen) atoms. The second-order valence-electron chi connectivity index (χ2n) is 7.63. The third kappa shape index (κ3) is 13.6. The molecule has 0 aliphatic rings. The van der Waals surface area contributed by atoms with Crippen LogP contribution >= 0.6 is 7.75 Å². The molecule has 0 spiro atoms. The Morgan fingerprint density at radius 2 is 1.42 bits per heavy atom. The van der Waals surface area contributed by atoms with Gasteiger partial charge in [-0.05, 0) is 31.6 Å². The van der Waals surface area contributed by atoms with Crippen molar-refractivity contribution in [3.63, 3.8) is 0 Å². The molecular formula is C18H31N2O12P. The van der Waals surface area contributed by atoms with E-state index in [1.807, 2.05) is 5.09 Å². The molecule has 0 aliphatic heterocycles. The molecule has 0 aromatic rings. The summed E-state index contributed by atoms with van der Waals surface area (Å²) in [5, 5.41) is 40.0. The highest BCUT2D eigenvalue weighted by Crippen LogP contribution is 2.38. The minimum absolute atomic E-state index is 0.0280. The fraction of sp³-hybridized carbons (Fsp3) is 0.722. The monoisotopic (exact) mass is 498 g/mol. The Hall–Kier alpha value is -2.54. The van der Waals surface area contributed by atoms with Gasteiger partial charge in [0.2, 0.25) is 5.91 Å².